The number of aromatic nitrogens is 2. The summed E-state index contributed by atoms with van der Waals surface area (Å²) in [5.74, 6) is -2.98. The maximum absolute atomic E-state index is 13.9. The summed E-state index contributed by atoms with van der Waals surface area (Å²) in [7, 11) is 0. The number of carbonyl (C=O) groups excluding carboxylic acids is 1. The standard InChI is InChI=1S/C21H23F3N4O2/c1-13(18-16(23)8-15(22)9-17(18)24)27-20-25-10-14(11-26-20)19(29)28-5-2-21(12-28)3-6-30-7-4-21/h8-11,13H,2-7,12H2,1H3,(H,25,26,27)/t13-/m0/s1. The average Bonchev–Trinajstić information content (AvgIpc) is 3.11. The smallest absolute Gasteiger partial charge is 0.257 e. The Morgan fingerprint density at radius 2 is 1.77 bits per heavy atom. The summed E-state index contributed by atoms with van der Waals surface area (Å²) in [6, 6.07) is 0.417. The van der Waals surface area contributed by atoms with Gasteiger partial charge >= 0.3 is 0 Å². The van der Waals surface area contributed by atoms with Gasteiger partial charge in [0.25, 0.3) is 5.91 Å². The third kappa shape index (κ3) is 4.12. The molecule has 0 radical (unpaired) electrons. The number of anilines is 1. The van der Waals surface area contributed by atoms with E-state index in [-0.39, 0.29) is 22.8 Å². The normalized spacial score (nSPS) is 19.1. The van der Waals surface area contributed by atoms with Crippen LogP contribution < -0.4 is 5.32 Å². The molecule has 1 spiro atoms. The Hall–Kier alpha value is -2.68. The molecule has 1 amide bonds. The van der Waals surface area contributed by atoms with E-state index < -0.39 is 23.5 Å². The molecule has 6 nitrogen and oxygen atoms in total. The molecule has 1 aromatic carbocycles. The maximum atomic E-state index is 13.9. The lowest BCUT2D eigenvalue weighted by molar-refractivity contribution is 0.0191. The van der Waals surface area contributed by atoms with E-state index in [1.165, 1.54) is 19.3 Å². The number of hydrogen-bond donors (Lipinski definition) is 1. The van der Waals surface area contributed by atoms with E-state index in [2.05, 4.69) is 15.3 Å². The minimum absolute atomic E-state index is 0.115. The Balaban J connectivity index is 1.41. The summed E-state index contributed by atoms with van der Waals surface area (Å²) in [5.41, 5.74) is 0.199. The molecule has 1 aromatic heterocycles. The van der Waals surface area contributed by atoms with Crippen LogP contribution in [0.1, 0.15) is 48.1 Å². The van der Waals surface area contributed by atoms with Crippen LogP contribution in [0, 0.1) is 22.9 Å². The zero-order chi connectivity index (χ0) is 21.3. The van der Waals surface area contributed by atoms with Crippen molar-refractivity contribution in [1.29, 1.82) is 0 Å². The van der Waals surface area contributed by atoms with Crippen LogP contribution in [0.15, 0.2) is 24.5 Å². The number of likely N-dealkylation sites (tertiary alicyclic amines) is 1. The summed E-state index contributed by atoms with van der Waals surface area (Å²) in [4.78, 5) is 22.8. The average molecular weight is 420 g/mol. The molecule has 1 N–H and O–H groups in total. The molecule has 4 rings (SSSR count). The molecule has 2 aliphatic heterocycles. The van der Waals surface area contributed by atoms with Crippen LogP contribution in [0.4, 0.5) is 19.1 Å². The number of amides is 1. The molecule has 2 aliphatic rings. The summed E-state index contributed by atoms with van der Waals surface area (Å²) < 4.78 is 46.4. The highest BCUT2D eigenvalue weighted by atomic mass is 19.1. The quantitative estimate of drug-likeness (QED) is 0.817. The van der Waals surface area contributed by atoms with E-state index in [9.17, 15) is 18.0 Å². The fourth-order valence-corrected chi connectivity index (χ4v) is 4.25. The highest BCUT2D eigenvalue weighted by molar-refractivity contribution is 5.94. The van der Waals surface area contributed by atoms with Gasteiger partial charge in [-0.2, -0.15) is 0 Å². The Morgan fingerprint density at radius 1 is 1.13 bits per heavy atom. The van der Waals surface area contributed by atoms with E-state index in [1.54, 1.807) is 0 Å². The number of carbonyl (C=O) groups is 1. The van der Waals surface area contributed by atoms with Gasteiger partial charge in [0.2, 0.25) is 5.95 Å². The number of nitrogens with one attached hydrogen (secondary N) is 1. The van der Waals surface area contributed by atoms with Gasteiger partial charge in [0.1, 0.15) is 17.5 Å². The monoisotopic (exact) mass is 420 g/mol. The van der Waals surface area contributed by atoms with E-state index >= 15 is 0 Å². The first-order valence-electron chi connectivity index (χ1n) is 9.97. The van der Waals surface area contributed by atoms with E-state index in [0.29, 0.717) is 30.8 Å². The Labute approximate surface area is 172 Å². The van der Waals surface area contributed by atoms with Crippen LogP contribution in [0.25, 0.3) is 0 Å². The van der Waals surface area contributed by atoms with Crippen molar-refractivity contribution in [2.24, 2.45) is 5.41 Å². The molecule has 2 aromatic rings. The van der Waals surface area contributed by atoms with Crippen molar-refractivity contribution in [3.05, 3.63) is 53.1 Å². The van der Waals surface area contributed by atoms with Crippen LogP contribution in [-0.4, -0.2) is 47.1 Å². The largest absolute Gasteiger partial charge is 0.381 e. The second-order valence-corrected chi connectivity index (χ2v) is 8.03. The fraction of sp³-hybridized carbons (Fsp3) is 0.476. The van der Waals surface area contributed by atoms with Gasteiger partial charge in [0.15, 0.2) is 0 Å². The summed E-state index contributed by atoms with van der Waals surface area (Å²) in [5, 5.41) is 2.78. The van der Waals surface area contributed by atoms with Gasteiger partial charge in [-0.15, -0.1) is 0 Å². The van der Waals surface area contributed by atoms with Gasteiger partial charge in [-0.1, -0.05) is 0 Å². The number of ether oxygens (including phenoxy) is 1. The van der Waals surface area contributed by atoms with Gasteiger partial charge in [0.05, 0.1) is 11.6 Å². The van der Waals surface area contributed by atoms with E-state index in [1.807, 2.05) is 4.90 Å². The van der Waals surface area contributed by atoms with Gasteiger partial charge < -0.3 is 15.0 Å². The van der Waals surface area contributed by atoms with Crippen molar-refractivity contribution >= 4 is 11.9 Å². The first kappa shape index (κ1) is 20.6. The van der Waals surface area contributed by atoms with Gasteiger partial charge in [-0.25, -0.2) is 23.1 Å². The highest BCUT2D eigenvalue weighted by Crippen LogP contribution is 2.40. The third-order valence-corrected chi connectivity index (χ3v) is 6.00. The van der Waals surface area contributed by atoms with Crippen molar-refractivity contribution in [2.75, 3.05) is 31.6 Å². The van der Waals surface area contributed by atoms with Crippen molar-refractivity contribution < 1.29 is 22.7 Å². The lowest BCUT2D eigenvalue weighted by Gasteiger charge is -2.33. The molecule has 0 saturated carbocycles. The zero-order valence-corrected chi connectivity index (χ0v) is 16.6. The van der Waals surface area contributed by atoms with Crippen molar-refractivity contribution in [2.45, 2.75) is 32.2 Å². The number of hydrogen-bond acceptors (Lipinski definition) is 5. The molecule has 9 heteroatoms. The predicted molar refractivity (Wildman–Crippen MR) is 103 cm³/mol. The summed E-state index contributed by atoms with van der Waals surface area (Å²) in [6.07, 6.45) is 5.69. The molecule has 2 fully saturated rings. The molecule has 0 unspecified atom stereocenters. The predicted octanol–water partition coefficient (Wildman–Crippen LogP) is 3.71. The molecular formula is C21H23F3N4O2. The highest BCUT2D eigenvalue weighted by Gasteiger charge is 2.41. The van der Waals surface area contributed by atoms with Crippen LogP contribution in [0.3, 0.4) is 0 Å². The first-order chi connectivity index (χ1) is 14.4. The topological polar surface area (TPSA) is 67.4 Å². The minimum Gasteiger partial charge on any atom is -0.381 e. The third-order valence-electron chi connectivity index (χ3n) is 6.00. The molecule has 2 saturated heterocycles. The maximum Gasteiger partial charge on any atom is 0.257 e. The number of benzene rings is 1. The fourth-order valence-electron chi connectivity index (χ4n) is 4.25. The molecular weight excluding hydrogens is 397 g/mol. The Morgan fingerprint density at radius 3 is 2.40 bits per heavy atom. The second-order valence-electron chi connectivity index (χ2n) is 8.03. The van der Waals surface area contributed by atoms with Crippen molar-refractivity contribution in [3.63, 3.8) is 0 Å². The molecule has 160 valence electrons. The lowest BCUT2D eigenvalue weighted by atomic mass is 9.80. The van der Waals surface area contributed by atoms with Crippen molar-refractivity contribution in [3.8, 4) is 0 Å². The van der Waals surface area contributed by atoms with E-state index in [0.717, 1.165) is 32.5 Å². The van der Waals surface area contributed by atoms with Gasteiger partial charge in [-0.3, -0.25) is 4.79 Å². The lowest BCUT2D eigenvalue weighted by Crippen LogP contribution is -2.35. The van der Waals surface area contributed by atoms with E-state index in [4.69, 9.17) is 4.74 Å². The summed E-state index contributed by atoms with van der Waals surface area (Å²) in [6.45, 7) is 4.38. The second kappa shape index (κ2) is 8.22. The Kier molecular flexibility index (Phi) is 5.64. The Bertz CT molecular complexity index is 909. The first-order valence-corrected chi connectivity index (χ1v) is 9.97. The molecule has 0 aliphatic carbocycles. The summed E-state index contributed by atoms with van der Waals surface area (Å²) >= 11 is 0. The van der Waals surface area contributed by atoms with Crippen LogP contribution >= 0.6 is 0 Å². The SMILES string of the molecule is C[C@H](Nc1ncc(C(=O)N2CCC3(CCOCC3)C2)cn1)c1c(F)cc(F)cc1F. The molecule has 3 heterocycles. The zero-order valence-electron chi connectivity index (χ0n) is 16.6. The molecule has 1 atom stereocenters. The minimum atomic E-state index is -0.990. The van der Waals surface area contributed by atoms with Gasteiger partial charge in [-0.05, 0) is 31.6 Å². The van der Waals surface area contributed by atoms with Crippen molar-refractivity contribution in [1.82, 2.24) is 14.9 Å². The van der Waals surface area contributed by atoms with Crippen LogP contribution in [-0.2, 0) is 4.74 Å². The van der Waals surface area contributed by atoms with Crippen LogP contribution in [0.2, 0.25) is 0 Å². The number of nitrogens with zero attached hydrogens (tertiary/aromatic N) is 3. The molecule has 0 bridgehead atoms. The molecule has 30 heavy (non-hydrogen) atoms. The number of rotatable bonds is 4. The number of halogens is 3. The van der Waals surface area contributed by atoms with Crippen LogP contribution in [0.5, 0.6) is 0 Å². The van der Waals surface area contributed by atoms with Gasteiger partial charge in [0, 0.05) is 56.4 Å².